The first-order valence-electron chi connectivity index (χ1n) is 6.58. The zero-order valence-corrected chi connectivity index (χ0v) is 9.39. The van der Waals surface area contributed by atoms with Crippen LogP contribution in [0.2, 0.25) is 0 Å². The Bertz CT molecular complexity index is 221. The molecule has 3 unspecified atom stereocenters. The van der Waals surface area contributed by atoms with Gasteiger partial charge in [0.05, 0.1) is 0 Å². The van der Waals surface area contributed by atoms with E-state index in [4.69, 9.17) is 0 Å². The lowest BCUT2D eigenvalue weighted by Crippen LogP contribution is -2.23. The minimum Gasteiger partial charge on any atom is -0.314 e. The van der Waals surface area contributed by atoms with E-state index in [1.54, 1.807) is 12.8 Å². The second-order valence-electron chi connectivity index (χ2n) is 5.81. The van der Waals surface area contributed by atoms with Crippen LogP contribution in [0.25, 0.3) is 0 Å². The molecule has 3 aliphatic rings. The number of rotatable bonds is 4. The topological polar surface area (TPSA) is 12.0 Å². The third kappa shape index (κ3) is 1.41. The molecule has 14 heavy (non-hydrogen) atoms. The predicted octanol–water partition coefficient (Wildman–Crippen LogP) is 2.95. The highest BCUT2D eigenvalue weighted by atomic mass is 15.0. The molecule has 0 bridgehead atoms. The van der Waals surface area contributed by atoms with E-state index in [0.717, 1.165) is 23.3 Å². The van der Waals surface area contributed by atoms with Crippen molar-refractivity contribution in [3.8, 4) is 0 Å². The van der Waals surface area contributed by atoms with Crippen molar-refractivity contribution >= 4 is 0 Å². The minimum absolute atomic E-state index is 0.830. The molecule has 80 valence electrons. The third-order valence-electron chi connectivity index (χ3n) is 5.01. The lowest BCUT2D eigenvalue weighted by molar-refractivity contribution is 0.317. The van der Waals surface area contributed by atoms with Gasteiger partial charge in [0, 0.05) is 6.04 Å². The first kappa shape index (κ1) is 9.21. The van der Waals surface area contributed by atoms with Crippen LogP contribution in [0, 0.1) is 17.3 Å². The summed E-state index contributed by atoms with van der Waals surface area (Å²) in [5.41, 5.74) is 0.830. The Kier molecular flexibility index (Phi) is 2.12. The van der Waals surface area contributed by atoms with Gasteiger partial charge in [0.25, 0.3) is 0 Å². The maximum absolute atomic E-state index is 3.71. The Morgan fingerprint density at radius 2 is 2.07 bits per heavy atom. The highest BCUT2D eigenvalue weighted by Gasteiger charge is 2.59. The second-order valence-corrected chi connectivity index (χ2v) is 5.81. The zero-order valence-electron chi connectivity index (χ0n) is 9.39. The summed E-state index contributed by atoms with van der Waals surface area (Å²) in [7, 11) is 0. The van der Waals surface area contributed by atoms with Crippen LogP contribution in [-0.2, 0) is 0 Å². The lowest BCUT2D eigenvalue weighted by atomic mass is 9.88. The average Bonchev–Trinajstić information content (AvgIpc) is 3.03. The van der Waals surface area contributed by atoms with E-state index in [0.29, 0.717) is 0 Å². The normalized spacial score (nSPS) is 46.1. The monoisotopic (exact) mass is 193 g/mol. The Labute approximate surface area is 87.7 Å². The molecule has 0 aromatic heterocycles. The fraction of sp³-hybridized carbons (Fsp3) is 1.00. The van der Waals surface area contributed by atoms with Gasteiger partial charge in [0.1, 0.15) is 0 Å². The maximum Gasteiger partial charge on any atom is 0.00683 e. The molecule has 1 nitrogen and oxygen atoms in total. The minimum atomic E-state index is 0.830. The molecule has 0 heterocycles. The van der Waals surface area contributed by atoms with Gasteiger partial charge in [-0.25, -0.2) is 0 Å². The summed E-state index contributed by atoms with van der Waals surface area (Å²) < 4.78 is 0. The average molecular weight is 193 g/mol. The van der Waals surface area contributed by atoms with E-state index in [-0.39, 0.29) is 0 Å². The molecular formula is C13H23N. The predicted molar refractivity (Wildman–Crippen MR) is 59.2 cm³/mol. The summed E-state index contributed by atoms with van der Waals surface area (Å²) >= 11 is 0. The zero-order chi connectivity index (χ0) is 9.60. The van der Waals surface area contributed by atoms with Gasteiger partial charge in [0.15, 0.2) is 0 Å². The van der Waals surface area contributed by atoms with Crippen molar-refractivity contribution in [3.63, 3.8) is 0 Å². The van der Waals surface area contributed by atoms with E-state index in [1.807, 2.05) is 0 Å². The lowest BCUT2D eigenvalue weighted by Gasteiger charge is -2.18. The molecule has 3 rings (SSSR count). The van der Waals surface area contributed by atoms with Crippen molar-refractivity contribution in [1.82, 2.24) is 5.32 Å². The molecule has 1 heteroatoms. The molecule has 3 saturated carbocycles. The van der Waals surface area contributed by atoms with E-state index in [2.05, 4.69) is 12.2 Å². The van der Waals surface area contributed by atoms with Gasteiger partial charge in [-0.3, -0.25) is 0 Å². The SMILES string of the molecule is CCC1CCCC12CC2CNC1CC1. The van der Waals surface area contributed by atoms with Crippen LogP contribution >= 0.6 is 0 Å². The summed E-state index contributed by atoms with van der Waals surface area (Å²) in [5.74, 6) is 2.13. The molecule has 0 aromatic carbocycles. The highest BCUT2D eigenvalue weighted by molar-refractivity contribution is 5.09. The number of hydrogen-bond donors (Lipinski definition) is 1. The fourth-order valence-corrected chi connectivity index (χ4v) is 3.86. The molecule has 0 saturated heterocycles. The van der Waals surface area contributed by atoms with Crippen LogP contribution in [0.15, 0.2) is 0 Å². The summed E-state index contributed by atoms with van der Waals surface area (Å²) in [6.45, 7) is 3.72. The molecule has 1 spiro atoms. The van der Waals surface area contributed by atoms with Gasteiger partial charge in [-0.2, -0.15) is 0 Å². The summed E-state index contributed by atoms with van der Waals surface area (Å²) in [6.07, 6.45) is 10.4. The summed E-state index contributed by atoms with van der Waals surface area (Å²) in [6, 6.07) is 0.911. The van der Waals surface area contributed by atoms with Gasteiger partial charge in [-0.05, 0) is 55.9 Å². The standard InChI is InChI=1S/C13H23N/c1-2-10-4-3-7-13(10)8-11(13)9-14-12-5-6-12/h10-12,14H,2-9H2,1H3. The maximum atomic E-state index is 3.71. The van der Waals surface area contributed by atoms with Crippen molar-refractivity contribution in [2.75, 3.05) is 6.54 Å². The van der Waals surface area contributed by atoms with Crippen molar-refractivity contribution in [2.24, 2.45) is 17.3 Å². The van der Waals surface area contributed by atoms with Crippen LogP contribution in [0.1, 0.15) is 51.9 Å². The van der Waals surface area contributed by atoms with E-state index >= 15 is 0 Å². The summed E-state index contributed by atoms with van der Waals surface area (Å²) in [5, 5.41) is 3.71. The van der Waals surface area contributed by atoms with Crippen molar-refractivity contribution in [2.45, 2.75) is 57.9 Å². The number of hydrogen-bond acceptors (Lipinski definition) is 1. The van der Waals surface area contributed by atoms with Crippen molar-refractivity contribution in [1.29, 1.82) is 0 Å². The quantitative estimate of drug-likeness (QED) is 0.724. The largest absolute Gasteiger partial charge is 0.314 e. The molecule has 3 fully saturated rings. The van der Waals surface area contributed by atoms with Crippen LogP contribution in [0.4, 0.5) is 0 Å². The smallest absolute Gasteiger partial charge is 0.00683 e. The number of nitrogens with one attached hydrogen (secondary N) is 1. The summed E-state index contributed by atoms with van der Waals surface area (Å²) in [4.78, 5) is 0. The van der Waals surface area contributed by atoms with Gasteiger partial charge >= 0.3 is 0 Å². The Morgan fingerprint density at radius 1 is 1.21 bits per heavy atom. The van der Waals surface area contributed by atoms with Crippen LogP contribution in [0.3, 0.4) is 0 Å². The van der Waals surface area contributed by atoms with Crippen molar-refractivity contribution < 1.29 is 0 Å². The van der Waals surface area contributed by atoms with Gasteiger partial charge in [0.2, 0.25) is 0 Å². The molecule has 3 aliphatic carbocycles. The van der Waals surface area contributed by atoms with Gasteiger partial charge in [-0.1, -0.05) is 19.8 Å². The van der Waals surface area contributed by atoms with Crippen molar-refractivity contribution in [3.05, 3.63) is 0 Å². The molecule has 0 radical (unpaired) electrons. The molecule has 1 N–H and O–H groups in total. The second kappa shape index (κ2) is 3.23. The molecule has 3 atom stereocenters. The van der Waals surface area contributed by atoms with Crippen LogP contribution in [0.5, 0.6) is 0 Å². The van der Waals surface area contributed by atoms with E-state index in [9.17, 15) is 0 Å². The fourth-order valence-electron chi connectivity index (χ4n) is 3.86. The molecule has 0 aliphatic heterocycles. The first-order valence-corrected chi connectivity index (χ1v) is 6.58. The van der Waals surface area contributed by atoms with Crippen LogP contribution in [-0.4, -0.2) is 12.6 Å². The Hall–Kier alpha value is -0.0400. The Morgan fingerprint density at radius 3 is 2.79 bits per heavy atom. The van der Waals surface area contributed by atoms with E-state index < -0.39 is 0 Å². The molecule has 0 amide bonds. The molecular weight excluding hydrogens is 170 g/mol. The molecule has 0 aromatic rings. The highest BCUT2D eigenvalue weighted by Crippen LogP contribution is 2.66. The van der Waals surface area contributed by atoms with Gasteiger partial charge in [-0.15, -0.1) is 0 Å². The first-order chi connectivity index (χ1) is 6.85. The third-order valence-corrected chi connectivity index (χ3v) is 5.01. The van der Waals surface area contributed by atoms with E-state index in [1.165, 1.54) is 38.6 Å². The Balaban J connectivity index is 1.53. The van der Waals surface area contributed by atoms with Gasteiger partial charge < -0.3 is 5.32 Å². The van der Waals surface area contributed by atoms with Crippen LogP contribution < -0.4 is 5.32 Å².